The molecule has 2 rings (SSSR count). The lowest BCUT2D eigenvalue weighted by Gasteiger charge is -2.19. The highest BCUT2D eigenvalue weighted by Gasteiger charge is 2.14. The lowest BCUT2D eigenvalue weighted by atomic mass is 9.87. The second kappa shape index (κ2) is 8.03. The van der Waals surface area contributed by atoms with Gasteiger partial charge in [0.2, 0.25) is 0 Å². The van der Waals surface area contributed by atoms with E-state index in [4.69, 9.17) is 4.74 Å². The SMILES string of the molecule is CC(C)n1cnnc1SCC(O)COc1ccc(C(C)(C)C)cc1. The van der Waals surface area contributed by atoms with Crippen LogP contribution in [-0.4, -0.2) is 38.3 Å². The average molecular weight is 350 g/mol. The van der Waals surface area contributed by atoms with Gasteiger partial charge in [-0.15, -0.1) is 10.2 Å². The summed E-state index contributed by atoms with van der Waals surface area (Å²) in [4.78, 5) is 0. The summed E-state index contributed by atoms with van der Waals surface area (Å²) >= 11 is 1.49. The summed E-state index contributed by atoms with van der Waals surface area (Å²) in [5, 5.41) is 18.9. The Labute approximate surface area is 148 Å². The molecule has 0 spiro atoms. The smallest absolute Gasteiger partial charge is 0.191 e. The van der Waals surface area contributed by atoms with Gasteiger partial charge in [-0.25, -0.2) is 0 Å². The number of thioether (sulfide) groups is 1. The van der Waals surface area contributed by atoms with Crippen LogP contribution in [0.5, 0.6) is 5.75 Å². The lowest BCUT2D eigenvalue weighted by Crippen LogP contribution is -2.20. The third-order valence-corrected chi connectivity index (χ3v) is 4.77. The molecule has 1 aromatic heterocycles. The van der Waals surface area contributed by atoms with E-state index in [0.717, 1.165) is 10.9 Å². The Morgan fingerprint density at radius 3 is 2.46 bits per heavy atom. The Morgan fingerprint density at radius 1 is 1.21 bits per heavy atom. The van der Waals surface area contributed by atoms with Crippen LogP contribution in [0.2, 0.25) is 0 Å². The van der Waals surface area contributed by atoms with E-state index in [9.17, 15) is 5.11 Å². The first-order valence-electron chi connectivity index (χ1n) is 8.21. The predicted molar refractivity (Wildman–Crippen MR) is 97.8 cm³/mol. The number of aromatic nitrogens is 3. The molecule has 0 fully saturated rings. The number of hydrogen-bond donors (Lipinski definition) is 1. The van der Waals surface area contributed by atoms with Crippen molar-refractivity contribution in [2.24, 2.45) is 0 Å². The Bertz CT molecular complexity index is 632. The topological polar surface area (TPSA) is 60.2 Å². The van der Waals surface area contributed by atoms with Crippen molar-refractivity contribution in [2.75, 3.05) is 12.4 Å². The van der Waals surface area contributed by atoms with Gasteiger partial charge in [-0.05, 0) is 37.0 Å². The molecule has 0 bridgehead atoms. The van der Waals surface area contributed by atoms with Crippen LogP contribution in [0.25, 0.3) is 0 Å². The van der Waals surface area contributed by atoms with Crippen molar-refractivity contribution in [2.45, 2.75) is 57.3 Å². The zero-order chi connectivity index (χ0) is 17.7. The maximum absolute atomic E-state index is 10.1. The molecule has 0 saturated heterocycles. The average Bonchev–Trinajstić information content (AvgIpc) is 2.99. The van der Waals surface area contributed by atoms with Gasteiger partial charge in [-0.3, -0.25) is 0 Å². The fourth-order valence-electron chi connectivity index (χ4n) is 2.15. The summed E-state index contributed by atoms with van der Waals surface area (Å²) in [5.41, 5.74) is 1.39. The van der Waals surface area contributed by atoms with Crippen molar-refractivity contribution in [3.8, 4) is 5.75 Å². The highest BCUT2D eigenvalue weighted by atomic mass is 32.2. The van der Waals surface area contributed by atoms with Crippen LogP contribution in [0.4, 0.5) is 0 Å². The summed E-state index contributed by atoms with van der Waals surface area (Å²) in [5.74, 6) is 1.29. The molecule has 1 N–H and O–H groups in total. The van der Waals surface area contributed by atoms with E-state index in [1.807, 2.05) is 16.7 Å². The van der Waals surface area contributed by atoms with Crippen LogP contribution in [0.1, 0.15) is 46.2 Å². The molecule has 2 aromatic rings. The van der Waals surface area contributed by atoms with Crippen molar-refractivity contribution in [3.63, 3.8) is 0 Å². The highest BCUT2D eigenvalue weighted by molar-refractivity contribution is 7.99. The Hall–Kier alpha value is -1.53. The molecule has 0 amide bonds. The van der Waals surface area contributed by atoms with Gasteiger partial charge >= 0.3 is 0 Å². The largest absolute Gasteiger partial charge is 0.491 e. The molecule has 0 aliphatic rings. The third-order valence-electron chi connectivity index (χ3n) is 3.66. The number of aliphatic hydroxyl groups excluding tert-OH is 1. The number of ether oxygens (including phenoxy) is 1. The molecule has 0 radical (unpaired) electrons. The minimum Gasteiger partial charge on any atom is -0.491 e. The van der Waals surface area contributed by atoms with Gasteiger partial charge in [0, 0.05) is 11.8 Å². The van der Waals surface area contributed by atoms with Crippen molar-refractivity contribution < 1.29 is 9.84 Å². The number of aliphatic hydroxyl groups is 1. The van der Waals surface area contributed by atoms with Crippen molar-refractivity contribution >= 4 is 11.8 Å². The second-order valence-corrected chi connectivity index (χ2v) is 8.15. The van der Waals surface area contributed by atoms with Crippen LogP contribution in [0.15, 0.2) is 35.7 Å². The minimum absolute atomic E-state index is 0.126. The molecule has 0 aliphatic heterocycles. The fourth-order valence-corrected chi connectivity index (χ4v) is 3.10. The number of hydrogen-bond acceptors (Lipinski definition) is 5. The van der Waals surface area contributed by atoms with Gasteiger partial charge < -0.3 is 14.4 Å². The van der Waals surface area contributed by atoms with E-state index < -0.39 is 6.10 Å². The van der Waals surface area contributed by atoms with Crippen LogP contribution in [0.3, 0.4) is 0 Å². The number of nitrogens with zero attached hydrogens (tertiary/aromatic N) is 3. The first-order valence-corrected chi connectivity index (χ1v) is 9.19. The van der Waals surface area contributed by atoms with Crippen LogP contribution >= 0.6 is 11.8 Å². The molecule has 1 unspecified atom stereocenters. The molecular weight excluding hydrogens is 322 g/mol. The summed E-state index contributed by atoms with van der Waals surface area (Å²) in [6, 6.07) is 8.35. The second-order valence-electron chi connectivity index (χ2n) is 7.16. The van der Waals surface area contributed by atoms with E-state index in [2.05, 4.69) is 56.9 Å². The summed E-state index contributed by atoms with van der Waals surface area (Å²) in [6.45, 7) is 11.0. The highest BCUT2D eigenvalue weighted by Crippen LogP contribution is 2.24. The molecule has 1 heterocycles. The van der Waals surface area contributed by atoms with Gasteiger partial charge in [-0.1, -0.05) is 44.7 Å². The maximum Gasteiger partial charge on any atom is 0.191 e. The molecule has 6 heteroatoms. The predicted octanol–water partition coefficient (Wildman–Crippen LogP) is 3.69. The fraction of sp³-hybridized carbons (Fsp3) is 0.556. The standard InChI is InChI=1S/C18H27N3O2S/c1-13(2)21-12-19-20-17(21)24-11-15(22)10-23-16-8-6-14(7-9-16)18(3,4)5/h6-9,12-13,15,22H,10-11H2,1-5H3. The number of benzene rings is 1. The van der Waals surface area contributed by atoms with Crippen molar-refractivity contribution in [1.82, 2.24) is 14.8 Å². The van der Waals surface area contributed by atoms with Crippen LogP contribution in [0, 0.1) is 0 Å². The monoisotopic (exact) mass is 349 g/mol. The first-order chi connectivity index (χ1) is 11.3. The summed E-state index contributed by atoms with van der Waals surface area (Å²) in [7, 11) is 0. The first kappa shape index (κ1) is 18.8. The lowest BCUT2D eigenvalue weighted by molar-refractivity contribution is 0.126. The van der Waals surface area contributed by atoms with Gasteiger partial charge in [0.25, 0.3) is 0 Å². The molecule has 24 heavy (non-hydrogen) atoms. The Kier molecular flexibility index (Phi) is 6.29. The third kappa shape index (κ3) is 5.24. The maximum atomic E-state index is 10.1. The summed E-state index contributed by atoms with van der Waals surface area (Å²) in [6.07, 6.45) is 1.15. The number of rotatable bonds is 7. The van der Waals surface area contributed by atoms with Gasteiger partial charge in [0.05, 0.1) is 6.10 Å². The quantitative estimate of drug-likeness (QED) is 0.773. The van der Waals surface area contributed by atoms with E-state index in [-0.39, 0.29) is 12.0 Å². The van der Waals surface area contributed by atoms with Crippen molar-refractivity contribution in [3.05, 3.63) is 36.2 Å². The minimum atomic E-state index is -0.561. The molecule has 1 aromatic carbocycles. The molecular formula is C18H27N3O2S. The molecule has 5 nitrogen and oxygen atoms in total. The van der Waals surface area contributed by atoms with Crippen LogP contribution < -0.4 is 4.74 Å². The zero-order valence-electron chi connectivity index (χ0n) is 15.1. The molecule has 0 saturated carbocycles. The van der Waals surface area contributed by atoms with Gasteiger partial charge in [0.15, 0.2) is 5.16 Å². The molecule has 1 atom stereocenters. The normalized spacial score (nSPS) is 13.3. The van der Waals surface area contributed by atoms with Crippen LogP contribution in [-0.2, 0) is 5.41 Å². The Morgan fingerprint density at radius 2 is 1.88 bits per heavy atom. The van der Waals surface area contributed by atoms with E-state index in [1.54, 1.807) is 6.33 Å². The zero-order valence-corrected chi connectivity index (χ0v) is 15.9. The van der Waals surface area contributed by atoms with E-state index in [1.165, 1.54) is 17.3 Å². The summed E-state index contributed by atoms with van der Waals surface area (Å²) < 4.78 is 7.67. The van der Waals surface area contributed by atoms with Gasteiger partial charge in [0.1, 0.15) is 18.7 Å². The van der Waals surface area contributed by atoms with E-state index >= 15 is 0 Å². The van der Waals surface area contributed by atoms with Gasteiger partial charge in [-0.2, -0.15) is 0 Å². The molecule has 132 valence electrons. The Balaban J connectivity index is 1.81. The van der Waals surface area contributed by atoms with E-state index in [0.29, 0.717) is 11.8 Å². The van der Waals surface area contributed by atoms with Crippen molar-refractivity contribution in [1.29, 1.82) is 0 Å². The molecule has 0 aliphatic carbocycles.